The Morgan fingerprint density at radius 2 is 1.83 bits per heavy atom. The molecule has 5 heteroatoms. The highest BCUT2D eigenvalue weighted by Gasteiger charge is 2.19. The van der Waals surface area contributed by atoms with Crippen LogP contribution in [-0.2, 0) is 11.2 Å². The van der Waals surface area contributed by atoms with E-state index in [1.807, 2.05) is 18.2 Å². The van der Waals surface area contributed by atoms with Crippen LogP contribution in [-0.4, -0.2) is 30.6 Å². The van der Waals surface area contributed by atoms with Gasteiger partial charge < -0.3 is 10.6 Å². The summed E-state index contributed by atoms with van der Waals surface area (Å²) in [5.41, 5.74) is 1.22. The molecule has 1 aliphatic rings. The third kappa shape index (κ3) is 6.40. The van der Waals surface area contributed by atoms with E-state index in [0.29, 0.717) is 6.54 Å². The number of carbonyl (C=O) groups is 2. The Morgan fingerprint density at radius 3 is 2.52 bits per heavy atom. The standard InChI is InChI=1S/C18H27N3O2/c1-14(19-13-12-15-8-4-2-5-9-15)17(22)21-18(23)20-16-10-6-3-7-11-16/h2,4-5,8-9,14,16,19H,3,6-7,10-13H2,1H3,(H2,20,21,22,23)/t14-/m1/s1. The van der Waals surface area contributed by atoms with Crippen LogP contribution in [0.4, 0.5) is 4.79 Å². The molecule has 1 atom stereocenters. The van der Waals surface area contributed by atoms with Crippen LogP contribution in [0.2, 0.25) is 0 Å². The fourth-order valence-corrected chi connectivity index (χ4v) is 2.86. The lowest BCUT2D eigenvalue weighted by Crippen LogP contribution is -2.50. The van der Waals surface area contributed by atoms with Gasteiger partial charge in [-0.15, -0.1) is 0 Å². The van der Waals surface area contributed by atoms with Crippen molar-refractivity contribution >= 4 is 11.9 Å². The van der Waals surface area contributed by atoms with Crippen LogP contribution in [0.25, 0.3) is 0 Å². The molecule has 1 aromatic carbocycles. The maximum Gasteiger partial charge on any atom is 0.321 e. The molecule has 0 bridgehead atoms. The van der Waals surface area contributed by atoms with Crippen molar-refractivity contribution in [3.05, 3.63) is 35.9 Å². The normalized spacial score (nSPS) is 16.6. The largest absolute Gasteiger partial charge is 0.335 e. The summed E-state index contributed by atoms with van der Waals surface area (Å²) in [5, 5.41) is 8.46. The summed E-state index contributed by atoms with van der Waals surface area (Å²) in [6.45, 7) is 2.47. The fourth-order valence-electron chi connectivity index (χ4n) is 2.86. The maximum absolute atomic E-state index is 12.0. The van der Waals surface area contributed by atoms with Gasteiger partial charge in [-0.1, -0.05) is 49.6 Å². The van der Waals surface area contributed by atoms with Gasteiger partial charge in [0.1, 0.15) is 0 Å². The summed E-state index contributed by atoms with van der Waals surface area (Å²) < 4.78 is 0. The monoisotopic (exact) mass is 317 g/mol. The van der Waals surface area contributed by atoms with Crippen molar-refractivity contribution in [1.29, 1.82) is 0 Å². The van der Waals surface area contributed by atoms with Gasteiger partial charge in [0.25, 0.3) is 0 Å². The molecular weight excluding hydrogens is 290 g/mol. The number of benzene rings is 1. The molecule has 1 aliphatic carbocycles. The molecule has 0 radical (unpaired) electrons. The first-order valence-electron chi connectivity index (χ1n) is 8.54. The minimum Gasteiger partial charge on any atom is -0.335 e. The number of imide groups is 1. The van der Waals surface area contributed by atoms with E-state index in [0.717, 1.165) is 32.1 Å². The highest BCUT2D eigenvalue weighted by molar-refractivity contribution is 5.96. The number of rotatable bonds is 6. The molecule has 23 heavy (non-hydrogen) atoms. The van der Waals surface area contributed by atoms with Gasteiger partial charge in [-0.25, -0.2) is 4.79 Å². The molecule has 3 amide bonds. The molecule has 0 saturated heterocycles. The van der Waals surface area contributed by atoms with E-state index in [-0.39, 0.29) is 18.0 Å². The van der Waals surface area contributed by atoms with Gasteiger partial charge in [-0.05, 0) is 38.3 Å². The second-order valence-corrected chi connectivity index (χ2v) is 6.21. The topological polar surface area (TPSA) is 70.2 Å². The first-order chi connectivity index (χ1) is 11.1. The van der Waals surface area contributed by atoms with Gasteiger partial charge in [-0.3, -0.25) is 10.1 Å². The number of nitrogens with one attached hydrogen (secondary N) is 3. The minimum atomic E-state index is -0.393. The van der Waals surface area contributed by atoms with E-state index in [1.165, 1.54) is 12.0 Å². The third-order valence-corrected chi connectivity index (χ3v) is 4.28. The summed E-state index contributed by atoms with van der Waals surface area (Å²) in [6.07, 6.45) is 6.40. The second kappa shape index (κ2) is 9.30. The Hall–Kier alpha value is -1.88. The molecular formula is C18H27N3O2. The third-order valence-electron chi connectivity index (χ3n) is 4.28. The van der Waals surface area contributed by atoms with Crippen LogP contribution in [0.1, 0.15) is 44.6 Å². The summed E-state index contributed by atoms with van der Waals surface area (Å²) in [5.74, 6) is -0.286. The summed E-state index contributed by atoms with van der Waals surface area (Å²) in [6, 6.07) is 9.54. The summed E-state index contributed by atoms with van der Waals surface area (Å²) in [7, 11) is 0. The van der Waals surface area contributed by atoms with Gasteiger partial charge >= 0.3 is 6.03 Å². The van der Waals surface area contributed by atoms with Gasteiger partial charge in [-0.2, -0.15) is 0 Å². The lowest BCUT2D eigenvalue weighted by atomic mass is 9.96. The molecule has 1 saturated carbocycles. The molecule has 3 N–H and O–H groups in total. The molecule has 0 aromatic heterocycles. The maximum atomic E-state index is 12.0. The van der Waals surface area contributed by atoms with Crippen molar-refractivity contribution in [3.8, 4) is 0 Å². The second-order valence-electron chi connectivity index (χ2n) is 6.21. The number of urea groups is 1. The highest BCUT2D eigenvalue weighted by Crippen LogP contribution is 2.17. The number of carbonyl (C=O) groups excluding carboxylic acids is 2. The lowest BCUT2D eigenvalue weighted by Gasteiger charge is -2.23. The summed E-state index contributed by atoms with van der Waals surface area (Å²) in [4.78, 5) is 23.9. The van der Waals surface area contributed by atoms with Crippen molar-refractivity contribution in [2.24, 2.45) is 0 Å². The van der Waals surface area contributed by atoms with E-state index in [4.69, 9.17) is 0 Å². The van der Waals surface area contributed by atoms with Crippen molar-refractivity contribution in [2.75, 3.05) is 6.54 Å². The summed E-state index contributed by atoms with van der Waals surface area (Å²) >= 11 is 0. The fraction of sp³-hybridized carbons (Fsp3) is 0.556. The molecule has 1 aromatic rings. The Morgan fingerprint density at radius 1 is 1.13 bits per heavy atom. The SMILES string of the molecule is C[C@@H](NCCc1ccccc1)C(=O)NC(=O)NC1CCCCC1. The van der Waals surface area contributed by atoms with E-state index in [1.54, 1.807) is 6.92 Å². The van der Waals surface area contributed by atoms with Crippen molar-refractivity contribution < 1.29 is 9.59 Å². The van der Waals surface area contributed by atoms with Crippen LogP contribution in [0.3, 0.4) is 0 Å². The van der Waals surface area contributed by atoms with Crippen LogP contribution >= 0.6 is 0 Å². The lowest BCUT2D eigenvalue weighted by molar-refractivity contribution is -0.121. The van der Waals surface area contributed by atoms with Gasteiger partial charge in [0.2, 0.25) is 5.91 Å². The van der Waals surface area contributed by atoms with Gasteiger partial charge in [0.05, 0.1) is 6.04 Å². The molecule has 0 heterocycles. The van der Waals surface area contributed by atoms with Crippen LogP contribution in [0.5, 0.6) is 0 Å². The Bertz CT molecular complexity index is 498. The van der Waals surface area contributed by atoms with Crippen molar-refractivity contribution in [2.45, 2.75) is 57.5 Å². The first kappa shape index (κ1) is 17.5. The molecule has 0 spiro atoms. The van der Waals surface area contributed by atoms with Gasteiger partial charge in [0.15, 0.2) is 0 Å². The average Bonchev–Trinajstić information content (AvgIpc) is 2.56. The van der Waals surface area contributed by atoms with Gasteiger partial charge in [0, 0.05) is 6.04 Å². The molecule has 0 unspecified atom stereocenters. The van der Waals surface area contributed by atoms with Crippen molar-refractivity contribution in [1.82, 2.24) is 16.0 Å². The van der Waals surface area contributed by atoms with Crippen LogP contribution in [0, 0.1) is 0 Å². The Balaban J connectivity index is 1.64. The number of hydrogen-bond acceptors (Lipinski definition) is 3. The predicted octanol–water partition coefficient (Wildman–Crippen LogP) is 2.37. The molecule has 126 valence electrons. The van der Waals surface area contributed by atoms with E-state index >= 15 is 0 Å². The van der Waals surface area contributed by atoms with Crippen LogP contribution in [0.15, 0.2) is 30.3 Å². The average molecular weight is 317 g/mol. The molecule has 1 fully saturated rings. The van der Waals surface area contributed by atoms with Crippen LogP contribution < -0.4 is 16.0 Å². The highest BCUT2D eigenvalue weighted by atomic mass is 16.2. The van der Waals surface area contributed by atoms with E-state index in [2.05, 4.69) is 28.1 Å². The molecule has 5 nitrogen and oxygen atoms in total. The van der Waals surface area contributed by atoms with E-state index in [9.17, 15) is 9.59 Å². The molecule has 0 aliphatic heterocycles. The Kier molecular flexibility index (Phi) is 7.07. The zero-order valence-corrected chi connectivity index (χ0v) is 13.8. The first-order valence-corrected chi connectivity index (χ1v) is 8.54. The zero-order chi connectivity index (χ0) is 16.5. The molecule has 2 rings (SSSR count). The predicted molar refractivity (Wildman–Crippen MR) is 91.2 cm³/mol. The zero-order valence-electron chi connectivity index (χ0n) is 13.8. The number of hydrogen-bond donors (Lipinski definition) is 3. The quantitative estimate of drug-likeness (QED) is 0.754. The minimum absolute atomic E-state index is 0.206. The Labute approximate surface area is 138 Å². The van der Waals surface area contributed by atoms with Crippen molar-refractivity contribution in [3.63, 3.8) is 0 Å². The number of amides is 3. The smallest absolute Gasteiger partial charge is 0.321 e. The van der Waals surface area contributed by atoms with E-state index < -0.39 is 6.04 Å².